The van der Waals surface area contributed by atoms with E-state index >= 15 is 0 Å². The lowest BCUT2D eigenvalue weighted by Gasteiger charge is -2.07. The SMILES string of the molecule is O=C(Cl)c1ccc(-c2noc(-c3cn4cc(C(F)(F)F)cc(Cl)c4n3)n2)c(Cl)c1. The lowest BCUT2D eigenvalue weighted by Crippen LogP contribution is -2.06. The van der Waals surface area contributed by atoms with E-state index in [1.807, 2.05) is 0 Å². The summed E-state index contributed by atoms with van der Waals surface area (Å²) in [5.74, 6) is 0.0413. The number of halogens is 6. The molecule has 0 N–H and O–H groups in total. The molecule has 3 heterocycles. The van der Waals surface area contributed by atoms with Crippen molar-refractivity contribution in [1.29, 1.82) is 0 Å². The third-order valence-corrected chi connectivity index (χ3v) is 4.72. The zero-order valence-corrected chi connectivity index (χ0v) is 16.1. The summed E-state index contributed by atoms with van der Waals surface area (Å²) in [5.41, 5.74) is -0.152. The second-order valence-electron chi connectivity index (χ2n) is 5.82. The van der Waals surface area contributed by atoms with Crippen molar-refractivity contribution in [3.8, 4) is 23.0 Å². The van der Waals surface area contributed by atoms with E-state index in [4.69, 9.17) is 39.3 Å². The first-order chi connectivity index (χ1) is 13.6. The number of aromatic nitrogens is 4. The van der Waals surface area contributed by atoms with Crippen LogP contribution in [0.25, 0.3) is 28.6 Å². The molecule has 0 saturated carbocycles. The van der Waals surface area contributed by atoms with Crippen LogP contribution in [0.3, 0.4) is 0 Å². The van der Waals surface area contributed by atoms with Crippen LogP contribution in [0.15, 0.2) is 41.2 Å². The van der Waals surface area contributed by atoms with Crippen molar-refractivity contribution >= 4 is 45.7 Å². The summed E-state index contributed by atoms with van der Waals surface area (Å²) in [4.78, 5) is 19.5. The number of nitrogens with zero attached hydrogens (tertiary/aromatic N) is 4. The highest BCUT2D eigenvalue weighted by molar-refractivity contribution is 6.67. The van der Waals surface area contributed by atoms with Gasteiger partial charge < -0.3 is 8.92 Å². The van der Waals surface area contributed by atoms with Crippen LogP contribution in [0.4, 0.5) is 13.2 Å². The number of hydrogen-bond acceptors (Lipinski definition) is 5. The number of imidazole rings is 1. The van der Waals surface area contributed by atoms with Gasteiger partial charge in [0.15, 0.2) is 5.65 Å². The van der Waals surface area contributed by atoms with Crippen LogP contribution in [-0.2, 0) is 6.18 Å². The molecule has 148 valence electrons. The molecule has 0 unspecified atom stereocenters. The van der Waals surface area contributed by atoms with E-state index in [0.29, 0.717) is 5.56 Å². The largest absolute Gasteiger partial charge is 0.417 e. The Morgan fingerprint density at radius 1 is 1.07 bits per heavy atom. The molecule has 0 aliphatic heterocycles. The molecule has 0 spiro atoms. The fraction of sp³-hybridized carbons (Fsp3) is 0.0588. The lowest BCUT2D eigenvalue weighted by atomic mass is 10.1. The zero-order chi connectivity index (χ0) is 20.9. The highest BCUT2D eigenvalue weighted by Gasteiger charge is 2.32. The predicted octanol–water partition coefficient (Wildman–Crippen LogP) is 5.76. The normalized spacial score (nSPS) is 11.9. The summed E-state index contributed by atoms with van der Waals surface area (Å²) in [6.07, 6.45) is -2.42. The van der Waals surface area contributed by atoms with Crippen LogP contribution < -0.4 is 0 Å². The van der Waals surface area contributed by atoms with E-state index in [1.54, 1.807) is 0 Å². The first-order valence-electron chi connectivity index (χ1n) is 7.73. The molecule has 1 aromatic carbocycles. The summed E-state index contributed by atoms with van der Waals surface area (Å²) >= 11 is 17.5. The van der Waals surface area contributed by atoms with Crippen molar-refractivity contribution in [3.63, 3.8) is 0 Å². The van der Waals surface area contributed by atoms with Gasteiger partial charge in [0.25, 0.3) is 11.1 Å². The van der Waals surface area contributed by atoms with E-state index in [9.17, 15) is 18.0 Å². The van der Waals surface area contributed by atoms with Crippen LogP contribution in [0.2, 0.25) is 10.0 Å². The van der Waals surface area contributed by atoms with E-state index in [1.165, 1.54) is 24.4 Å². The van der Waals surface area contributed by atoms with Crippen molar-refractivity contribution in [3.05, 3.63) is 57.8 Å². The highest BCUT2D eigenvalue weighted by Crippen LogP contribution is 2.34. The zero-order valence-electron chi connectivity index (χ0n) is 13.8. The Kier molecular flexibility index (Phi) is 4.76. The molecule has 0 radical (unpaired) electrons. The summed E-state index contributed by atoms with van der Waals surface area (Å²) in [6, 6.07) is 5.07. The van der Waals surface area contributed by atoms with Crippen LogP contribution in [0, 0.1) is 0 Å². The molecule has 0 fully saturated rings. The van der Waals surface area contributed by atoms with Gasteiger partial charge in [-0.25, -0.2) is 4.98 Å². The van der Waals surface area contributed by atoms with Crippen LogP contribution >= 0.6 is 34.8 Å². The highest BCUT2D eigenvalue weighted by atomic mass is 35.5. The van der Waals surface area contributed by atoms with Crippen molar-refractivity contribution in [2.24, 2.45) is 0 Å². The van der Waals surface area contributed by atoms with Crippen LogP contribution in [0.5, 0.6) is 0 Å². The van der Waals surface area contributed by atoms with Gasteiger partial charge in [-0.3, -0.25) is 4.79 Å². The van der Waals surface area contributed by atoms with Crippen molar-refractivity contribution in [2.45, 2.75) is 6.18 Å². The predicted molar refractivity (Wildman–Crippen MR) is 99.1 cm³/mol. The molecule has 0 amide bonds. The molecule has 12 heteroatoms. The van der Waals surface area contributed by atoms with Gasteiger partial charge in [-0.15, -0.1) is 0 Å². The summed E-state index contributed by atoms with van der Waals surface area (Å²) in [7, 11) is 0. The Bertz CT molecular complexity index is 1270. The van der Waals surface area contributed by atoms with Gasteiger partial charge in [0.05, 0.1) is 15.6 Å². The quantitative estimate of drug-likeness (QED) is 0.363. The number of fused-ring (bicyclic) bond motifs is 1. The van der Waals surface area contributed by atoms with Crippen molar-refractivity contribution in [1.82, 2.24) is 19.5 Å². The van der Waals surface area contributed by atoms with Gasteiger partial charge in [-0.2, -0.15) is 18.2 Å². The summed E-state index contributed by atoms with van der Waals surface area (Å²) in [6.45, 7) is 0. The molecule has 4 aromatic rings. The molecule has 3 aromatic heterocycles. The lowest BCUT2D eigenvalue weighted by molar-refractivity contribution is -0.137. The number of hydrogen-bond donors (Lipinski definition) is 0. The molecule has 6 nitrogen and oxygen atoms in total. The third-order valence-electron chi connectivity index (χ3n) is 3.92. The number of carbonyl (C=O) groups excluding carboxylic acids is 1. The molecule has 0 aliphatic rings. The summed E-state index contributed by atoms with van der Waals surface area (Å²) < 4.78 is 45.1. The number of benzene rings is 1. The first-order valence-corrected chi connectivity index (χ1v) is 8.86. The Labute approximate surface area is 174 Å². The van der Waals surface area contributed by atoms with Gasteiger partial charge >= 0.3 is 6.18 Å². The van der Waals surface area contributed by atoms with E-state index in [-0.39, 0.29) is 38.7 Å². The van der Waals surface area contributed by atoms with Crippen molar-refractivity contribution < 1.29 is 22.5 Å². The molecule has 0 aliphatic carbocycles. The first kappa shape index (κ1) is 19.7. The maximum Gasteiger partial charge on any atom is 0.417 e. The van der Waals surface area contributed by atoms with E-state index in [2.05, 4.69) is 15.1 Å². The topological polar surface area (TPSA) is 73.3 Å². The minimum absolute atomic E-state index is 0.0538. The standard InChI is InChI=1S/C17H6Cl3F3N4O2/c18-10-3-7(13(20)28)1-2-9(10)14-25-16(29-26-14)12-6-27-5-8(17(21,22)23)4-11(19)15(27)24-12/h1-6H. The van der Waals surface area contributed by atoms with Crippen LogP contribution in [0.1, 0.15) is 15.9 Å². The number of rotatable bonds is 3. The number of alkyl halides is 3. The summed E-state index contributed by atoms with van der Waals surface area (Å²) in [5, 5.41) is 3.10. The molecular weight excluding hydrogens is 456 g/mol. The van der Waals surface area contributed by atoms with Gasteiger partial charge in [0.1, 0.15) is 5.69 Å². The molecule has 0 bridgehead atoms. The minimum Gasteiger partial charge on any atom is -0.332 e. The second kappa shape index (κ2) is 7.01. The fourth-order valence-corrected chi connectivity index (χ4v) is 3.21. The van der Waals surface area contributed by atoms with Crippen molar-refractivity contribution in [2.75, 3.05) is 0 Å². The molecule has 0 saturated heterocycles. The fourth-order valence-electron chi connectivity index (χ4n) is 2.57. The Morgan fingerprint density at radius 2 is 1.83 bits per heavy atom. The maximum absolute atomic E-state index is 13.0. The Morgan fingerprint density at radius 3 is 2.48 bits per heavy atom. The van der Waals surface area contributed by atoms with E-state index in [0.717, 1.165) is 16.7 Å². The van der Waals surface area contributed by atoms with E-state index < -0.39 is 17.0 Å². The minimum atomic E-state index is -4.56. The molecule has 29 heavy (non-hydrogen) atoms. The average Bonchev–Trinajstić information content (AvgIpc) is 3.27. The Balaban J connectivity index is 1.74. The number of carbonyl (C=O) groups is 1. The van der Waals surface area contributed by atoms with Gasteiger partial charge in [-0.1, -0.05) is 28.4 Å². The maximum atomic E-state index is 13.0. The third kappa shape index (κ3) is 3.68. The van der Waals surface area contributed by atoms with Gasteiger partial charge in [0, 0.05) is 23.5 Å². The number of pyridine rings is 1. The second-order valence-corrected chi connectivity index (χ2v) is 6.98. The Hall–Kier alpha value is -2.62. The molecular formula is C17H6Cl3F3N4O2. The monoisotopic (exact) mass is 460 g/mol. The average molecular weight is 462 g/mol. The van der Waals surface area contributed by atoms with Crippen LogP contribution in [-0.4, -0.2) is 24.8 Å². The molecule has 0 atom stereocenters. The van der Waals surface area contributed by atoms with Gasteiger partial charge in [-0.05, 0) is 35.9 Å². The smallest absolute Gasteiger partial charge is 0.332 e. The molecule has 4 rings (SSSR count). The van der Waals surface area contributed by atoms with Gasteiger partial charge in [0.2, 0.25) is 5.82 Å².